The van der Waals surface area contributed by atoms with Gasteiger partial charge in [-0.25, -0.2) is 4.98 Å². The lowest BCUT2D eigenvalue weighted by molar-refractivity contribution is -0.388. The summed E-state index contributed by atoms with van der Waals surface area (Å²) in [7, 11) is 1.43. The van der Waals surface area contributed by atoms with E-state index in [1.165, 1.54) is 25.4 Å². The molecule has 0 aliphatic rings. The topological polar surface area (TPSA) is 65.3 Å². The van der Waals surface area contributed by atoms with E-state index in [1.54, 1.807) is 0 Å². The van der Waals surface area contributed by atoms with Gasteiger partial charge in [0.25, 0.3) is 0 Å². The van der Waals surface area contributed by atoms with E-state index in [1.807, 2.05) is 0 Å². The van der Waals surface area contributed by atoms with E-state index < -0.39 is 4.92 Å². The molecule has 0 aliphatic heterocycles. The Balaban J connectivity index is 3.00. The highest BCUT2D eigenvalue weighted by Crippen LogP contribution is 2.25. The third-order valence-corrected chi connectivity index (χ3v) is 1.75. The molecule has 0 aliphatic carbocycles. The molecule has 64 valence electrons. The third-order valence-electron chi connectivity index (χ3n) is 1.11. The van der Waals surface area contributed by atoms with E-state index in [4.69, 9.17) is 0 Å². The summed E-state index contributed by atoms with van der Waals surface area (Å²) in [6.07, 6.45) is 1.48. The smallest absolute Gasteiger partial charge is 0.303 e. The Labute approximate surface area is 73.1 Å². The van der Waals surface area contributed by atoms with Crippen LogP contribution in [0.1, 0.15) is 0 Å². The summed E-state index contributed by atoms with van der Waals surface area (Å²) in [5.41, 5.74) is -0.0376. The second kappa shape index (κ2) is 4.03. The van der Waals surface area contributed by atoms with Crippen LogP contribution in [0.25, 0.3) is 0 Å². The Bertz CT molecular complexity index is 292. The summed E-state index contributed by atoms with van der Waals surface area (Å²) in [6, 6.07) is 2.90. The standard InChI is InChI=1S/C6H6N2O3S/c1-11-12-6-5(8(9)10)3-2-4-7-6/h2-4H,1H3. The van der Waals surface area contributed by atoms with Crippen LogP contribution in [-0.4, -0.2) is 17.0 Å². The van der Waals surface area contributed by atoms with E-state index in [2.05, 4.69) is 9.17 Å². The summed E-state index contributed by atoms with van der Waals surface area (Å²) >= 11 is 0.877. The van der Waals surface area contributed by atoms with E-state index in [0.717, 1.165) is 12.0 Å². The molecule has 12 heavy (non-hydrogen) atoms. The molecule has 0 fully saturated rings. The molecule has 0 N–H and O–H groups in total. The zero-order chi connectivity index (χ0) is 8.97. The highest BCUT2D eigenvalue weighted by Gasteiger charge is 2.14. The number of hydrogen-bond donors (Lipinski definition) is 0. The van der Waals surface area contributed by atoms with Gasteiger partial charge >= 0.3 is 5.69 Å². The summed E-state index contributed by atoms with van der Waals surface area (Å²) in [4.78, 5) is 13.7. The molecular formula is C6H6N2O3S. The van der Waals surface area contributed by atoms with Gasteiger partial charge in [-0.2, -0.15) is 0 Å². The molecule has 0 amide bonds. The van der Waals surface area contributed by atoms with Gasteiger partial charge in [0.05, 0.1) is 24.1 Å². The normalized spacial score (nSPS) is 9.75. The zero-order valence-electron chi connectivity index (χ0n) is 6.26. The third kappa shape index (κ3) is 1.93. The maximum atomic E-state index is 10.4. The van der Waals surface area contributed by atoms with Crippen LogP contribution in [0.4, 0.5) is 5.69 Å². The van der Waals surface area contributed by atoms with Crippen LogP contribution in [0.3, 0.4) is 0 Å². The van der Waals surface area contributed by atoms with Crippen LogP contribution in [0, 0.1) is 10.1 Å². The molecule has 1 rings (SSSR count). The van der Waals surface area contributed by atoms with Crippen LogP contribution >= 0.6 is 12.0 Å². The first-order valence-corrected chi connectivity index (χ1v) is 3.80. The fraction of sp³-hybridized carbons (Fsp3) is 0.167. The quantitative estimate of drug-likeness (QED) is 0.408. The van der Waals surface area contributed by atoms with Gasteiger partial charge in [-0.05, 0) is 6.07 Å². The number of hydrogen-bond acceptors (Lipinski definition) is 5. The van der Waals surface area contributed by atoms with Gasteiger partial charge in [-0.3, -0.25) is 10.1 Å². The highest BCUT2D eigenvalue weighted by molar-refractivity contribution is 7.94. The molecule has 0 bridgehead atoms. The molecule has 5 nitrogen and oxygen atoms in total. The van der Waals surface area contributed by atoms with Crippen LogP contribution in [0.5, 0.6) is 0 Å². The van der Waals surface area contributed by atoms with E-state index in [-0.39, 0.29) is 10.7 Å². The zero-order valence-corrected chi connectivity index (χ0v) is 7.08. The summed E-state index contributed by atoms with van der Waals surface area (Å²) in [5.74, 6) is 0. The molecule has 1 heterocycles. The minimum atomic E-state index is -0.492. The molecule has 0 aromatic carbocycles. The fourth-order valence-electron chi connectivity index (χ4n) is 0.664. The predicted octanol–water partition coefficient (Wildman–Crippen LogP) is 1.64. The second-order valence-corrected chi connectivity index (χ2v) is 2.72. The van der Waals surface area contributed by atoms with Crippen LogP contribution in [0.15, 0.2) is 23.4 Å². The molecule has 0 spiro atoms. The minimum Gasteiger partial charge on any atom is -0.312 e. The van der Waals surface area contributed by atoms with Gasteiger partial charge in [0.2, 0.25) is 5.03 Å². The molecule has 0 atom stereocenters. The molecule has 1 aromatic rings. The Hall–Kier alpha value is -1.14. The van der Waals surface area contributed by atoms with Crippen LogP contribution in [0.2, 0.25) is 0 Å². The van der Waals surface area contributed by atoms with Crippen molar-refractivity contribution in [2.24, 2.45) is 0 Å². The van der Waals surface area contributed by atoms with Gasteiger partial charge in [0.1, 0.15) is 0 Å². The lowest BCUT2D eigenvalue weighted by Crippen LogP contribution is -1.92. The van der Waals surface area contributed by atoms with E-state index in [9.17, 15) is 10.1 Å². The first-order valence-electron chi connectivity index (χ1n) is 3.05. The summed E-state index contributed by atoms with van der Waals surface area (Å²) < 4.78 is 4.67. The number of pyridine rings is 1. The number of aromatic nitrogens is 1. The molecule has 0 unspecified atom stereocenters. The average molecular weight is 186 g/mol. The molecule has 6 heteroatoms. The van der Waals surface area contributed by atoms with Crippen LogP contribution in [-0.2, 0) is 4.18 Å². The number of nitrogens with zero attached hydrogens (tertiary/aromatic N) is 2. The van der Waals surface area contributed by atoms with Crippen molar-refractivity contribution in [3.63, 3.8) is 0 Å². The van der Waals surface area contributed by atoms with Crippen molar-refractivity contribution in [3.8, 4) is 0 Å². The van der Waals surface area contributed by atoms with Crippen molar-refractivity contribution >= 4 is 17.7 Å². The first kappa shape index (κ1) is 8.95. The minimum absolute atomic E-state index is 0.0376. The van der Waals surface area contributed by atoms with Crippen molar-refractivity contribution in [1.29, 1.82) is 0 Å². The van der Waals surface area contributed by atoms with Gasteiger partial charge < -0.3 is 4.18 Å². The second-order valence-electron chi connectivity index (χ2n) is 1.83. The van der Waals surface area contributed by atoms with Crippen LogP contribution < -0.4 is 0 Å². The van der Waals surface area contributed by atoms with Gasteiger partial charge in [-0.15, -0.1) is 0 Å². The SMILES string of the molecule is COSc1ncccc1[N+](=O)[O-]. The molecule has 1 aromatic heterocycles. The van der Waals surface area contributed by atoms with E-state index in [0.29, 0.717) is 0 Å². The van der Waals surface area contributed by atoms with Gasteiger partial charge in [0, 0.05) is 12.3 Å². The van der Waals surface area contributed by atoms with Crippen molar-refractivity contribution in [2.45, 2.75) is 5.03 Å². The van der Waals surface area contributed by atoms with Crippen molar-refractivity contribution in [3.05, 3.63) is 28.4 Å². The largest absolute Gasteiger partial charge is 0.312 e. The first-order chi connectivity index (χ1) is 5.75. The lowest BCUT2D eigenvalue weighted by atomic mass is 10.4. The van der Waals surface area contributed by atoms with E-state index >= 15 is 0 Å². The molecule has 0 radical (unpaired) electrons. The summed E-state index contributed by atoms with van der Waals surface area (Å²) in [6.45, 7) is 0. The fourth-order valence-corrected chi connectivity index (χ4v) is 1.15. The number of rotatable bonds is 3. The van der Waals surface area contributed by atoms with Crippen molar-refractivity contribution < 1.29 is 9.11 Å². The average Bonchev–Trinajstić information content (AvgIpc) is 2.05. The molecule has 0 saturated heterocycles. The predicted molar refractivity (Wildman–Crippen MR) is 43.8 cm³/mol. The molecule has 0 saturated carbocycles. The number of nitro groups is 1. The Morgan fingerprint density at radius 3 is 3.08 bits per heavy atom. The summed E-state index contributed by atoms with van der Waals surface area (Å²) in [5, 5.41) is 10.7. The lowest BCUT2D eigenvalue weighted by Gasteiger charge is -1.96. The Morgan fingerprint density at radius 1 is 1.75 bits per heavy atom. The highest BCUT2D eigenvalue weighted by atomic mass is 32.2. The maximum absolute atomic E-state index is 10.4. The van der Waals surface area contributed by atoms with Crippen molar-refractivity contribution in [2.75, 3.05) is 7.11 Å². The monoisotopic (exact) mass is 186 g/mol. The Kier molecular flexibility index (Phi) is 3.01. The van der Waals surface area contributed by atoms with Gasteiger partial charge in [0.15, 0.2) is 0 Å². The Morgan fingerprint density at radius 2 is 2.50 bits per heavy atom. The molecular weight excluding hydrogens is 180 g/mol. The van der Waals surface area contributed by atoms with Gasteiger partial charge in [-0.1, -0.05) is 0 Å². The maximum Gasteiger partial charge on any atom is 0.303 e. The van der Waals surface area contributed by atoms with Crippen molar-refractivity contribution in [1.82, 2.24) is 4.98 Å².